The summed E-state index contributed by atoms with van der Waals surface area (Å²) in [5.74, 6) is -3.06. The molecule has 0 aliphatic rings. The normalized spacial score (nSPS) is 10.1. The molecule has 4 aromatic rings. The van der Waals surface area contributed by atoms with E-state index in [0.717, 1.165) is 33.6 Å². The summed E-state index contributed by atoms with van der Waals surface area (Å²) in [5.41, 5.74) is 5.49. The van der Waals surface area contributed by atoms with Crippen LogP contribution in [-0.4, -0.2) is 34.0 Å². The number of rotatable bonds is 6. The quantitative estimate of drug-likeness (QED) is 0.221. The molecule has 8 nitrogen and oxygen atoms in total. The van der Waals surface area contributed by atoms with Crippen molar-refractivity contribution in [1.29, 1.82) is 0 Å². The van der Waals surface area contributed by atoms with E-state index in [1.54, 1.807) is 24.3 Å². The number of anilines is 2. The Labute approximate surface area is 232 Å². The van der Waals surface area contributed by atoms with Crippen LogP contribution >= 0.6 is 0 Å². The lowest BCUT2D eigenvalue weighted by molar-refractivity contribution is 0.0683. The maximum Gasteiger partial charge on any atom is 0.336 e. The number of aryl methyl sites for hydroxylation is 4. The first-order chi connectivity index (χ1) is 19.0. The number of aromatic carboxylic acids is 2. The van der Waals surface area contributed by atoms with Gasteiger partial charge in [-0.25, -0.2) is 9.59 Å². The van der Waals surface area contributed by atoms with Crippen LogP contribution in [0.5, 0.6) is 0 Å². The van der Waals surface area contributed by atoms with Gasteiger partial charge in [0.1, 0.15) is 0 Å². The van der Waals surface area contributed by atoms with Gasteiger partial charge in [-0.05, 0) is 74.2 Å². The Balaban J connectivity index is 0.000000220. The van der Waals surface area contributed by atoms with Gasteiger partial charge >= 0.3 is 11.9 Å². The van der Waals surface area contributed by atoms with E-state index in [1.165, 1.54) is 24.3 Å². The summed E-state index contributed by atoms with van der Waals surface area (Å²) in [4.78, 5) is 46.8. The fourth-order valence-corrected chi connectivity index (χ4v) is 4.12. The van der Waals surface area contributed by atoms with E-state index in [0.29, 0.717) is 0 Å². The number of nitrogens with one attached hydrogen (secondary N) is 2. The highest BCUT2D eigenvalue weighted by Crippen LogP contribution is 2.22. The van der Waals surface area contributed by atoms with Crippen LogP contribution in [0.25, 0.3) is 0 Å². The summed E-state index contributed by atoms with van der Waals surface area (Å²) in [5, 5.41) is 23.8. The number of carboxylic acid groups (broad SMARTS) is 2. The first kappa shape index (κ1) is 29.3. The second-order valence-corrected chi connectivity index (χ2v) is 9.14. The van der Waals surface area contributed by atoms with Crippen molar-refractivity contribution in [2.45, 2.75) is 27.7 Å². The molecule has 0 fully saturated rings. The minimum absolute atomic E-state index is 0.00348. The topological polar surface area (TPSA) is 133 Å². The van der Waals surface area contributed by atoms with Gasteiger partial charge < -0.3 is 20.8 Å². The van der Waals surface area contributed by atoms with E-state index >= 15 is 0 Å². The van der Waals surface area contributed by atoms with Crippen LogP contribution in [-0.2, 0) is 0 Å². The number of carbonyl (C=O) groups excluding carboxylic acids is 2. The molecule has 0 unspecified atom stereocenters. The number of carboxylic acids is 2. The zero-order chi connectivity index (χ0) is 29.4. The van der Waals surface area contributed by atoms with Gasteiger partial charge in [0.2, 0.25) is 0 Å². The van der Waals surface area contributed by atoms with Crippen LogP contribution in [0.4, 0.5) is 11.4 Å². The number of hydrogen-bond donors (Lipinski definition) is 4. The van der Waals surface area contributed by atoms with Crippen LogP contribution in [0.2, 0.25) is 0 Å². The third-order valence-electron chi connectivity index (χ3n) is 6.24. The van der Waals surface area contributed by atoms with Gasteiger partial charge in [-0.1, -0.05) is 60.7 Å². The van der Waals surface area contributed by atoms with Gasteiger partial charge in [0.15, 0.2) is 0 Å². The van der Waals surface area contributed by atoms with Crippen molar-refractivity contribution in [2.75, 3.05) is 10.6 Å². The maximum atomic E-state index is 12.3. The van der Waals surface area contributed by atoms with Crippen LogP contribution in [0.3, 0.4) is 0 Å². The highest BCUT2D eigenvalue weighted by Gasteiger charge is 2.18. The summed E-state index contributed by atoms with van der Waals surface area (Å²) in [7, 11) is 0. The molecule has 2 amide bonds. The summed E-state index contributed by atoms with van der Waals surface area (Å²) < 4.78 is 0. The van der Waals surface area contributed by atoms with Crippen LogP contribution in [0, 0.1) is 27.7 Å². The zero-order valence-corrected chi connectivity index (χ0v) is 22.6. The number of carbonyl (C=O) groups is 4. The molecule has 0 atom stereocenters. The average Bonchev–Trinajstić information content (AvgIpc) is 2.93. The number of amides is 2. The smallest absolute Gasteiger partial charge is 0.336 e. The van der Waals surface area contributed by atoms with E-state index in [-0.39, 0.29) is 22.3 Å². The molecule has 204 valence electrons. The lowest BCUT2D eigenvalue weighted by Crippen LogP contribution is -2.17. The first-order valence-electron chi connectivity index (χ1n) is 12.4. The summed E-state index contributed by atoms with van der Waals surface area (Å²) >= 11 is 0. The predicted molar refractivity (Wildman–Crippen MR) is 155 cm³/mol. The Bertz CT molecular complexity index is 1430. The Morgan fingerprint density at radius 2 is 0.725 bits per heavy atom. The molecular formula is C32H30N2O6. The molecule has 0 radical (unpaired) electrons. The molecule has 0 aliphatic carbocycles. The molecule has 0 saturated heterocycles. The zero-order valence-electron chi connectivity index (χ0n) is 22.6. The van der Waals surface area contributed by atoms with Crippen molar-refractivity contribution in [3.8, 4) is 0 Å². The fourth-order valence-electron chi connectivity index (χ4n) is 4.12. The van der Waals surface area contributed by atoms with Crippen molar-refractivity contribution in [1.82, 2.24) is 0 Å². The molecular weight excluding hydrogens is 508 g/mol. The van der Waals surface area contributed by atoms with Gasteiger partial charge in [-0.15, -0.1) is 0 Å². The van der Waals surface area contributed by atoms with Gasteiger partial charge in [0.05, 0.1) is 22.3 Å². The van der Waals surface area contributed by atoms with Crippen LogP contribution in [0.15, 0.2) is 84.9 Å². The fraction of sp³-hybridized carbons (Fsp3) is 0.125. The highest BCUT2D eigenvalue weighted by atomic mass is 16.4. The van der Waals surface area contributed by atoms with Gasteiger partial charge in [-0.3, -0.25) is 9.59 Å². The Kier molecular flexibility index (Phi) is 9.54. The van der Waals surface area contributed by atoms with Gasteiger partial charge in [0.25, 0.3) is 11.8 Å². The molecule has 4 rings (SSSR count). The molecule has 0 aromatic heterocycles. The number of benzene rings is 4. The van der Waals surface area contributed by atoms with Gasteiger partial charge in [-0.2, -0.15) is 0 Å². The molecule has 4 N–H and O–H groups in total. The van der Waals surface area contributed by atoms with E-state index in [1.807, 2.05) is 64.1 Å². The summed E-state index contributed by atoms with van der Waals surface area (Å²) in [6.45, 7) is 7.58. The van der Waals surface area contributed by atoms with Crippen molar-refractivity contribution >= 4 is 35.1 Å². The Morgan fingerprint density at radius 3 is 1.00 bits per heavy atom. The predicted octanol–water partition coefficient (Wildman–Crippen LogP) is 6.51. The third-order valence-corrected chi connectivity index (χ3v) is 6.24. The van der Waals surface area contributed by atoms with Crippen molar-refractivity contribution < 1.29 is 29.4 Å². The van der Waals surface area contributed by atoms with Crippen LogP contribution in [0.1, 0.15) is 63.7 Å². The molecule has 0 heterocycles. The minimum Gasteiger partial charge on any atom is -0.478 e. The van der Waals surface area contributed by atoms with E-state index in [2.05, 4.69) is 10.6 Å². The SMILES string of the molecule is Cc1cccc(C)c1NC(=O)c1ccccc1C(=O)O.Cc1cccc(C)c1NC(=O)c1ccccc1C(=O)O. The second kappa shape index (κ2) is 13.0. The molecule has 0 saturated carbocycles. The van der Waals surface area contributed by atoms with Crippen LogP contribution < -0.4 is 10.6 Å². The van der Waals surface area contributed by atoms with Crippen molar-refractivity contribution in [2.24, 2.45) is 0 Å². The maximum absolute atomic E-state index is 12.3. The standard InChI is InChI=1S/2C16H15NO3/c2*1-10-6-5-7-11(2)14(10)17-15(18)12-8-3-4-9-13(12)16(19)20/h2*3-9H,1-2H3,(H,17,18)(H,19,20). The van der Waals surface area contributed by atoms with Crippen molar-refractivity contribution in [3.05, 3.63) is 129 Å². The second-order valence-electron chi connectivity index (χ2n) is 9.14. The third kappa shape index (κ3) is 6.99. The molecule has 0 spiro atoms. The summed E-state index contributed by atoms with van der Waals surface area (Å²) in [6.07, 6.45) is 0. The Hall–Kier alpha value is -5.24. The molecule has 40 heavy (non-hydrogen) atoms. The monoisotopic (exact) mass is 538 g/mol. The van der Waals surface area contributed by atoms with Gasteiger partial charge in [0, 0.05) is 11.4 Å². The highest BCUT2D eigenvalue weighted by molar-refractivity contribution is 6.12. The first-order valence-corrected chi connectivity index (χ1v) is 12.4. The average molecular weight is 539 g/mol. The lowest BCUT2D eigenvalue weighted by atomic mass is 10.1. The number of para-hydroxylation sites is 2. The largest absolute Gasteiger partial charge is 0.478 e. The van der Waals surface area contributed by atoms with E-state index in [4.69, 9.17) is 10.2 Å². The van der Waals surface area contributed by atoms with E-state index in [9.17, 15) is 19.2 Å². The summed E-state index contributed by atoms with van der Waals surface area (Å²) in [6, 6.07) is 23.7. The van der Waals surface area contributed by atoms with Crippen molar-refractivity contribution in [3.63, 3.8) is 0 Å². The molecule has 0 bridgehead atoms. The molecule has 8 heteroatoms. The lowest BCUT2D eigenvalue weighted by Gasteiger charge is -2.12. The molecule has 4 aromatic carbocycles. The number of hydrogen-bond acceptors (Lipinski definition) is 4. The Morgan fingerprint density at radius 1 is 0.450 bits per heavy atom. The molecule has 0 aliphatic heterocycles. The van der Waals surface area contributed by atoms with E-state index < -0.39 is 23.8 Å². The minimum atomic E-state index is -1.11.